The van der Waals surface area contributed by atoms with Gasteiger partial charge in [0.2, 0.25) is 5.89 Å². The topological polar surface area (TPSA) is 74.2 Å². The van der Waals surface area contributed by atoms with E-state index in [1.165, 1.54) is 0 Å². The Morgan fingerprint density at radius 2 is 2.10 bits per heavy atom. The standard InChI is InChI=1S/C15H19N3O2/c1-9(2)13(16)15-17-14(18-20-15)11-7-8-19-12-6-4-3-5-10(11)12/h3-6,9,11,13H,7-8,16H2,1-2H3/t11?,13-/m1/s1. The van der Waals surface area contributed by atoms with E-state index < -0.39 is 0 Å². The second kappa shape index (κ2) is 5.25. The highest BCUT2D eigenvalue weighted by Gasteiger charge is 2.28. The Balaban J connectivity index is 1.91. The first-order valence-corrected chi connectivity index (χ1v) is 6.97. The Kier molecular flexibility index (Phi) is 3.44. The van der Waals surface area contributed by atoms with E-state index >= 15 is 0 Å². The number of aromatic nitrogens is 2. The molecule has 1 aromatic heterocycles. The monoisotopic (exact) mass is 273 g/mol. The third-order valence-electron chi connectivity index (χ3n) is 3.73. The fraction of sp³-hybridized carbons (Fsp3) is 0.467. The molecular formula is C15H19N3O2. The lowest BCUT2D eigenvalue weighted by molar-refractivity contribution is 0.271. The van der Waals surface area contributed by atoms with Gasteiger partial charge >= 0.3 is 0 Å². The van der Waals surface area contributed by atoms with Gasteiger partial charge in [-0.1, -0.05) is 37.2 Å². The summed E-state index contributed by atoms with van der Waals surface area (Å²) < 4.78 is 11.0. The van der Waals surface area contributed by atoms with Gasteiger partial charge in [-0.25, -0.2) is 0 Å². The van der Waals surface area contributed by atoms with Gasteiger partial charge in [-0.05, 0) is 18.4 Å². The molecule has 2 atom stereocenters. The molecule has 0 saturated heterocycles. The first-order chi connectivity index (χ1) is 9.66. The van der Waals surface area contributed by atoms with Crippen LogP contribution in [0.15, 0.2) is 28.8 Å². The van der Waals surface area contributed by atoms with Crippen molar-refractivity contribution < 1.29 is 9.26 Å². The van der Waals surface area contributed by atoms with Gasteiger partial charge in [0.1, 0.15) is 5.75 Å². The maximum absolute atomic E-state index is 6.05. The predicted octanol–water partition coefficient (Wildman–Crippen LogP) is 2.64. The molecular weight excluding hydrogens is 254 g/mol. The summed E-state index contributed by atoms with van der Waals surface area (Å²) in [4.78, 5) is 4.50. The van der Waals surface area contributed by atoms with Gasteiger partial charge in [0.15, 0.2) is 5.82 Å². The number of hydrogen-bond donors (Lipinski definition) is 1. The van der Waals surface area contributed by atoms with Crippen LogP contribution in [0.2, 0.25) is 0 Å². The van der Waals surface area contributed by atoms with Crippen LogP contribution in [-0.2, 0) is 0 Å². The lowest BCUT2D eigenvalue weighted by Gasteiger charge is -2.23. The van der Waals surface area contributed by atoms with E-state index in [0.717, 1.165) is 17.7 Å². The lowest BCUT2D eigenvalue weighted by atomic mass is 9.92. The summed E-state index contributed by atoms with van der Waals surface area (Å²) in [5, 5.41) is 4.12. The highest BCUT2D eigenvalue weighted by Crippen LogP contribution is 2.36. The zero-order chi connectivity index (χ0) is 14.1. The van der Waals surface area contributed by atoms with Gasteiger partial charge in [-0.15, -0.1) is 0 Å². The summed E-state index contributed by atoms with van der Waals surface area (Å²) in [7, 11) is 0. The fourth-order valence-electron chi connectivity index (χ4n) is 2.42. The molecule has 0 saturated carbocycles. The van der Waals surface area contributed by atoms with E-state index in [4.69, 9.17) is 15.0 Å². The molecule has 5 nitrogen and oxygen atoms in total. The first-order valence-electron chi connectivity index (χ1n) is 6.97. The van der Waals surface area contributed by atoms with Crippen LogP contribution in [0.1, 0.15) is 49.5 Å². The molecule has 3 rings (SSSR count). The molecule has 5 heteroatoms. The van der Waals surface area contributed by atoms with Crippen molar-refractivity contribution in [3.63, 3.8) is 0 Å². The van der Waals surface area contributed by atoms with Crippen molar-refractivity contribution in [3.05, 3.63) is 41.5 Å². The third kappa shape index (κ3) is 2.29. The van der Waals surface area contributed by atoms with Crippen molar-refractivity contribution in [1.82, 2.24) is 10.1 Å². The van der Waals surface area contributed by atoms with E-state index in [1.807, 2.05) is 32.0 Å². The SMILES string of the molecule is CC(C)[C@@H](N)c1nc(C2CCOc3ccccc32)no1. The van der Waals surface area contributed by atoms with Crippen molar-refractivity contribution in [2.75, 3.05) is 6.61 Å². The summed E-state index contributed by atoms with van der Waals surface area (Å²) in [5.74, 6) is 2.51. The normalized spacial score (nSPS) is 19.5. The van der Waals surface area contributed by atoms with Crippen molar-refractivity contribution in [1.29, 1.82) is 0 Å². The lowest BCUT2D eigenvalue weighted by Crippen LogP contribution is -2.18. The van der Waals surface area contributed by atoms with Crippen LogP contribution in [0.4, 0.5) is 0 Å². The minimum atomic E-state index is -0.216. The van der Waals surface area contributed by atoms with Gasteiger partial charge in [0.25, 0.3) is 0 Å². The van der Waals surface area contributed by atoms with E-state index in [2.05, 4.69) is 16.2 Å². The van der Waals surface area contributed by atoms with Crippen LogP contribution < -0.4 is 10.5 Å². The van der Waals surface area contributed by atoms with Gasteiger partial charge in [0.05, 0.1) is 18.6 Å². The Bertz CT molecular complexity index is 594. The summed E-state index contributed by atoms with van der Waals surface area (Å²) in [6.45, 7) is 4.75. The molecule has 1 unspecified atom stereocenters. The fourth-order valence-corrected chi connectivity index (χ4v) is 2.42. The number of nitrogens with zero attached hydrogens (tertiary/aromatic N) is 2. The molecule has 0 fully saturated rings. The highest BCUT2D eigenvalue weighted by molar-refractivity contribution is 5.40. The maximum atomic E-state index is 6.05. The molecule has 0 bridgehead atoms. The van der Waals surface area contributed by atoms with Crippen LogP contribution in [0, 0.1) is 5.92 Å². The average Bonchev–Trinajstić information content (AvgIpc) is 2.95. The van der Waals surface area contributed by atoms with Crippen LogP contribution >= 0.6 is 0 Å². The number of fused-ring (bicyclic) bond motifs is 1. The van der Waals surface area contributed by atoms with Crippen LogP contribution in [0.25, 0.3) is 0 Å². The summed E-state index contributed by atoms with van der Waals surface area (Å²) in [6, 6.07) is 7.78. The van der Waals surface area contributed by atoms with Crippen LogP contribution in [0.5, 0.6) is 5.75 Å². The van der Waals surface area contributed by atoms with Crippen molar-refractivity contribution >= 4 is 0 Å². The molecule has 1 aliphatic rings. The van der Waals surface area contributed by atoms with Gasteiger partial charge in [0, 0.05) is 5.56 Å². The second-order valence-electron chi connectivity index (χ2n) is 5.49. The van der Waals surface area contributed by atoms with E-state index in [9.17, 15) is 0 Å². The molecule has 0 radical (unpaired) electrons. The van der Waals surface area contributed by atoms with E-state index in [-0.39, 0.29) is 17.9 Å². The van der Waals surface area contributed by atoms with Gasteiger partial charge in [-0.2, -0.15) is 4.98 Å². The van der Waals surface area contributed by atoms with Crippen LogP contribution in [0.3, 0.4) is 0 Å². The van der Waals surface area contributed by atoms with Crippen molar-refractivity contribution in [3.8, 4) is 5.75 Å². The quantitative estimate of drug-likeness (QED) is 0.930. The zero-order valence-corrected chi connectivity index (χ0v) is 11.7. The van der Waals surface area contributed by atoms with Crippen molar-refractivity contribution in [2.24, 2.45) is 11.7 Å². The molecule has 0 aliphatic carbocycles. The highest BCUT2D eigenvalue weighted by atomic mass is 16.5. The number of ether oxygens (including phenoxy) is 1. The van der Waals surface area contributed by atoms with Gasteiger partial charge < -0.3 is 15.0 Å². The molecule has 20 heavy (non-hydrogen) atoms. The Morgan fingerprint density at radius 3 is 2.90 bits per heavy atom. The molecule has 1 aliphatic heterocycles. The smallest absolute Gasteiger partial charge is 0.243 e. The van der Waals surface area contributed by atoms with Crippen molar-refractivity contribution in [2.45, 2.75) is 32.2 Å². The molecule has 1 aromatic carbocycles. The molecule has 2 aromatic rings. The summed E-state index contributed by atoms with van der Waals surface area (Å²) in [5.41, 5.74) is 7.17. The summed E-state index contributed by atoms with van der Waals surface area (Å²) in [6.07, 6.45) is 0.854. The maximum Gasteiger partial charge on any atom is 0.243 e. The number of para-hydroxylation sites is 1. The number of hydrogen-bond acceptors (Lipinski definition) is 5. The minimum absolute atomic E-state index is 0.122. The minimum Gasteiger partial charge on any atom is -0.493 e. The number of benzene rings is 1. The average molecular weight is 273 g/mol. The first kappa shape index (κ1) is 13.1. The van der Waals surface area contributed by atoms with Crippen LogP contribution in [-0.4, -0.2) is 16.7 Å². The number of nitrogens with two attached hydrogens (primary N) is 1. The molecule has 2 heterocycles. The molecule has 0 spiro atoms. The Hall–Kier alpha value is -1.88. The third-order valence-corrected chi connectivity index (χ3v) is 3.73. The zero-order valence-electron chi connectivity index (χ0n) is 11.7. The predicted molar refractivity (Wildman–Crippen MR) is 74.5 cm³/mol. The number of rotatable bonds is 3. The molecule has 0 amide bonds. The molecule has 106 valence electrons. The summed E-state index contributed by atoms with van der Waals surface area (Å²) >= 11 is 0. The van der Waals surface area contributed by atoms with E-state index in [0.29, 0.717) is 18.3 Å². The van der Waals surface area contributed by atoms with Gasteiger partial charge in [-0.3, -0.25) is 0 Å². The second-order valence-corrected chi connectivity index (χ2v) is 5.49. The largest absolute Gasteiger partial charge is 0.493 e. The molecule has 2 N–H and O–H groups in total. The Morgan fingerprint density at radius 1 is 1.30 bits per heavy atom. The Labute approximate surface area is 118 Å². The van der Waals surface area contributed by atoms with E-state index in [1.54, 1.807) is 0 Å².